The molecule has 11 nitrogen and oxygen atoms in total. The number of anilines is 1. The Hall–Kier alpha value is -4.51. The van der Waals surface area contributed by atoms with Crippen molar-refractivity contribution in [3.05, 3.63) is 70.7 Å². The van der Waals surface area contributed by atoms with Crippen LogP contribution < -0.4 is 11.1 Å². The Kier molecular flexibility index (Phi) is 4.85. The van der Waals surface area contributed by atoms with Gasteiger partial charge in [-0.2, -0.15) is 0 Å². The molecule has 0 aliphatic heterocycles. The van der Waals surface area contributed by atoms with Gasteiger partial charge in [0.2, 0.25) is 0 Å². The van der Waals surface area contributed by atoms with Gasteiger partial charge in [0.25, 0.3) is 11.6 Å². The van der Waals surface area contributed by atoms with E-state index in [1.807, 2.05) is 22.8 Å². The first-order valence-electron chi connectivity index (χ1n) is 10.7. The SMILES string of the molecule is Cc1noc2ncc(C(=O)NCc3cc4cc(Cl)cc(Cn5cnc6c(N)ncnc65)c4[nH]3)cc12. The molecule has 6 rings (SSSR count). The number of carbonyl (C=O) groups is 1. The minimum atomic E-state index is -0.251. The van der Waals surface area contributed by atoms with Gasteiger partial charge in [-0.15, -0.1) is 0 Å². The number of nitrogens with two attached hydrogens (primary N) is 1. The van der Waals surface area contributed by atoms with Crippen LogP contribution in [0.3, 0.4) is 0 Å². The molecule has 1 aromatic carbocycles. The van der Waals surface area contributed by atoms with E-state index in [0.29, 0.717) is 57.5 Å². The van der Waals surface area contributed by atoms with Gasteiger partial charge in [0, 0.05) is 22.3 Å². The van der Waals surface area contributed by atoms with Crippen molar-refractivity contribution in [2.24, 2.45) is 0 Å². The van der Waals surface area contributed by atoms with Crippen LogP contribution in [0.4, 0.5) is 5.82 Å². The minimum Gasteiger partial charge on any atom is -0.382 e. The molecule has 1 amide bonds. The lowest BCUT2D eigenvalue weighted by Crippen LogP contribution is -2.23. The molecule has 0 atom stereocenters. The summed E-state index contributed by atoms with van der Waals surface area (Å²) in [6.07, 6.45) is 4.56. The number of imidazole rings is 1. The third-order valence-corrected chi connectivity index (χ3v) is 6.03. The van der Waals surface area contributed by atoms with Gasteiger partial charge in [0.15, 0.2) is 11.5 Å². The first-order chi connectivity index (χ1) is 17.0. The number of aromatic amines is 1. The highest BCUT2D eigenvalue weighted by molar-refractivity contribution is 6.31. The summed E-state index contributed by atoms with van der Waals surface area (Å²) in [6.45, 7) is 2.57. The smallest absolute Gasteiger partial charge is 0.257 e. The second-order valence-electron chi connectivity index (χ2n) is 8.15. The van der Waals surface area contributed by atoms with Crippen molar-refractivity contribution in [3.63, 3.8) is 0 Å². The average Bonchev–Trinajstić information content (AvgIpc) is 3.55. The summed E-state index contributed by atoms with van der Waals surface area (Å²) in [6, 6.07) is 7.45. The molecule has 0 saturated heterocycles. The lowest BCUT2D eigenvalue weighted by molar-refractivity contribution is 0.0950. The van der Waals surface area contributed by atoms with Gasteiger partial charge in [0.1, 0.15) is 11.8 Å². The first-order valence-corrected chi connectivity index (χ1v) is 11.1. The molecule has 0 fully saturated rings. The Bertz CT molecular complexity index is 1750. The number of fused-ring (bicyclic) bond motifs is 3. The number of nitrogens with zero attached hydrogens (tertiary/aromatic N) is 6. The number of nitrogens with one attached hydrogen (secondary N) is 2. The molecule has 6 aromatic rings. The van der Waals surface area contributed by atoms with Crippen LogP contribution in [-0.2, 0) is 13.1 Å². The van der Waals surface area contributed by atoms with E-state index in [1.165, 1.54) is 12.5 Å². The summed E-state index contributed by atoms with van der Waals surface area (Å²) in [4.78, 5) is 32.9. The number of rotatable bonds is 5. The van der Waals surface area contributed by atoms with Crippen molar-refractivity contribution in [2.45, 2.75) is 20.0 Å². The molecule has 0 radical (unpaired) electrons. The van der Waals surface area contributed by atoms with E-state index in [1.54, 1.807) is 19.3 Å². The summed E-state index contributed by atoms with van der Waals surface area (Å²) in [5, 5.41) is 9.04. The van der Waals surface area contributed by atoms with Gasteiger partial charge >= 0.3 is 0 Å². The fourth-order valence-electron chi connectivity index (χ4n) is 4.10. The number of hydrogen-bond donors (Lipinski definition) is 3. The van der Waals surface area contributed by atoms with E-state index in [4.69, 9.17) is 21.9 Å². The fraction of sp³-hybridized carbons (Fsp3) is 0.130. The van der Waals surface area contributed by atoms with Crippen LogP contribution in [0.2, 0.25) is 5.02 Å². The van der Waals surface area contributed by atoms with Crippen LogP contribution in [0.5, 0.6) is 0 Å². The topological polar surface area (TPSA) is 153 Å². The molecule has 5 aromatic heterocycles. The number of halogens is 1. The van der Waals surface area contributed by atoms with Crippen LogP contribution in [0.1, 0.15) is 27.3 Å². The second kappa shape index (κ2) is 8.06. The van der Waals surface area contributed by atoms with E-state index in [0.717, 1.165) is 22.2 Å². The summed E-state index contributed by atoms with van der Waals surface area (Å²) >= 11 is 6.40. The maximum Gasteiger partial charge on any atom is 0.257 e. The molecule has 35 heavy (non-hydrogen) atoms. The average molecular weight is 488 g/mol. The number of hydrogen-bond acceptors (Lipinski definition) is 8. The zero-order valence-electron chi connectivity index (χ0n) is 18.4. The molecule has 12 heteroatoms. The first kappa shape index (κ1) is 21.1. The minimum absolute atomic E-state index is 0.251. The van der Waals surface area contributed by atoms with Crippen molar-refractivity contribution in [3.8, 4) is 0 Å². The molecule has 0 unspecified atom stereocenters. The van der Waals surface area contributed by atoms with E-state index in [-0.39, 0.29) is 5.91 Å². The Balaban J connectivity index is 1.26. The number of benzene rings is 1. The molecule has 5 heterocycles. The van der Waals surface area contributed by atoms with E-state index >= 15 is 0 Å². The molecule has 0 saturated carbocycles. The summed E-state index contributed by atoms with van der Waals surface area (Å²) in [5.74, 6) is 0.0792. The largest absolute Gasteiger partial charge is 0.382 e. The van der Waals surface area contributed by atoms with Crippen molar-refractivity contribution in [1.82, 2.24) is 40.0 Å². The molecule has 0 aliphatic carbocycles. The van der Waals surface area contributed by atoms with Crippen LogP contribution in [0.25, 0.3) is 33.2 Å². The molecule has 4 N–H and O–H groups in total. The maximum atomic E-state index is 12.7. The Labute approximate surface area is 202 Å². The standard InChI is InChI=1S/C23H18ClN9O2/c1-11-17-5-13(6-27-23(17)35-32-11)22(34)26-7-16-4-12-2-15(24)3-14(18(12)31-16)8-33-10-30-19-20(25)28-9-29-21(19)33/h2-6,9-10,31H,7-8H2,1H3,(H,26,34)(H2,25,28,29). The van der Waals surface area contributed by atoms with Crippen molar-refractivity contribution >= 4 is 56.5 Å². The maximum absolute atomic E-state index is 12.7. The fourth-order valence-corrected chi connectivity index (χ4v) is 4.35. The van der Waals surface area contributed by atoms with Crippen molar-refractivity contribution in [1.29, 1.82) is 0 Å². The highest BCUT2D eigenvalue weighted by Gasteiger charge is 2.14. The predicted molar refractivity (Wildman–Crippen MR) is 130 cm³/mol. The van der Waals surface area contributed by atoms with Gasteiger partial charge in [-0.25, -0.2) is 19.9 Å². The Morgan fingerprint density at radius 2 is 2.09 bits per heavy atom. The lowest BCUT2D eigenvalue weighted by Gasteiger charge is -2.07. The molecule has 174 valence electrons. The number of carbonyl (C=O) groups excluding carboxylic acids is 1. The zero-order valence-corrected chi connectivity index (χ0v) is 19.2. The number of aromatic nitrogens is 7. The number of nitrogen functional groups attached to an aromatic ring is 1. The van der Waals surface area contributed by atoms with Gasteiger partial charge in [0.05, 0.1) is 41.6 Å². The van der Waals surface area contributed by atoms with E-state index in [2.05, 4.69) is 35.4 Å². The summed E-state index contributed by atoms with van der Waals surface area (Å²) in [7, 11) is 0. The highest BCUT2D eigenvalue weighted by Crippen LogP contribution is 2.27. The molecular weight excluding hydrogens is 470 g/mol. The number of H-pyrrole nitrogens is 1. The number of pyridine rings is 1. The van der Waals surface area contributed by atoms with Gasteiger partial charge in [-0.1, -0.05) is 16.8 Å². The zero-order chi connectivity index (χ0) is 24.1. The molecule has 0 bridgehead atoms. The lowest BCUT2D eigenvalue weighted by atomic mass is 10.1. The molecule has 0 aliphatic rings. The van der Waals surface area contributed by atoms with Gasteiger partial charge < -0.3 is 25.1 Å². The van der Waals surface area contributed by atoms with Crippen LogP contribution in [0, 0.1) is 6.92 Å². The van der Waals surface area contributed by atoms with Gasteiger partial charge in [-0.05, 0) is 36.8 Å². The molecular formula is C23H18ClN9O2. The number of amides is 1. The highest BCUT2D eigenvalue weighted by atomic mass is 35.5. The third kappa shape index (κ3) is 3.71. The van der Waals surface area contributed by atoms with Gasteiger partial charge in [-0.3, -0.25) is 4.79 Å². The van der Waals surface area contributed by atoms with Crippen LogP contribution in [0.15, 0.2) is 47.6 Å². The normalized spacial score (nSPS) is 11.6. The Morgan fingerprint density at radius 1 is 1.20 bits per heavy atom. The Morgan fingerprint density at radius 3 is 2.97 bits per heavy atom. The van der Waals surface area contributed by atoms with Crippen LogP contribution >= 0.6 is 11.6 Å². The monoisotopic (exact) mass is 487 g/mol. The third-order valence-electron chi connectivity index (χ3n) is 5.81. The predicted octanol–water partition coefficient (Wildman–Crippen LogP) is 3.37. The quantitative estimate of drug-likeness (QED) is 0.334. The number of aryl methyl sites for hydroxylation is 1. The van der Waals surface area contributed by atoms with E-state index < -0.39 is 0 Å². The summed E-state index contributed by atoms with van der Waals surface area (Å²) in [5.41, 5.74) is 11.3. The van der Waals surface area contributed by atoms with Crippen molar-refractivity contribution < 1.29 is 9.32 Å². The molecule has 0 spiro atoms. The van der Waals surface area contributed by atoms with Crippen LogP contribution in [-0.4, -0.2) is 40.6 Å². The van der Waals surface area contributed by atoms with E-state index in [9.17, 15) is 4.79 Å². The van der Waals surface area contributed by atoms with Crippen molar-refractivity contribution in [2.75, 3.05) is 5.73 Å². The second-order valence-corrected chi connectivity index (χ2v) is 8.59. The summed E-state index contributed by atoms with van der Waals surface area (Å²) < 4.78 is 6.99.